The number of hydrogen-bond acceptors (Lipinski definition) is 4. The van der Waals surface area contributed by atoms with Gasteiger partial charge in [-0.1, -0.05) is 6.07 Å². The van der Waals surface area contributed by atoms with Gasteiger partial charge >= 0.3 is 0 Å². The molecule has 0 bridgehead atoms. The summed E-state index contributed by atoms with van der Waals surface area (Å²) in [6.45, 7) is 1.60. The fourth-order valence-corrected chi connectivity index (χ4v) is 1.05. The van der Waals surface area contributed by atoms with Crippen molar-refractivity contribution in [3.8, 4) is 0 Å². The van der Waals surface area contributed by atoms with Crippen LogP contribution in [0.3, 0.4) is 0 Å². The molecule has 5 nitrogen and oxygen atoms in total. The number of nitro benzene ring substituents is 1. The molecule has 0 radical (unpaired) electrons. The van der Waals surface area contributed by atoms with Gasteiger partial charge in [-0.3, -0.25) is 14.9 Å². The molecule has 0 aliphatic rings. The monoisotopic (exact) mass is 216 g/mol. The van der Waals surface area contributed by atoms with Crippen LogP contribution in [0.15, 0.2) is 18.2 Å². The molecule has 0 aliphatic carbocycles. The van der Waals surface area contributed by atoms with Crippen LogP contribution in [0, 0.1) is 17.0 Å². The first-order valence-corrected chi connectivity index (χ1v) is 3.85. The molecule has 0 spiro atoms. The highest BCUT2D eigenvalue weighted by Gasteiger charge is 2.13. The molecular formula is C8H9ClN2O3. The Balaban J connectivity index is 0.00000169. The quantitative estimate of drug-likeness (QED) is 0.467. The second-order valence-electron chi connectivity index (χ2n) is 2.53. The highest BCUT2D eigenvalue weighted by atomic mass is 35.5. The third kappa shape index (κ3) is 2.51. The summed E-state index contributed by atoms with van der Waals surface area (Å²) < 4.78 is 0. The Hall–Kier alpha value is -1.46. The molecule has 6 heteroatoms. The molecule has 76 valence electrons. The van der Waals surface area contributed by atoms with Crippen molar-refractivity contribution in [1.29, 1.82) is 0 Å². The van der Waals surface area contributed by atoms with Gasteiger partial charge in [0.05, 0.1) is 4.92 Å². The second-order valence-corrected chi connectivity index (χ2v) is 2.88. The van der Waals surface area contributed by atoms with Gasteiger partial charge in [0.2, 0.25) is 0 Å². The molecule has 0 heterocycles. The van der Waals surface area contributed by atoms with Crippen molar-refractivity contribution in [3.63, 3.8) is 0 Å². The third-order valence-corrected chi connectivity index (χ3v) is 1.85. The number of hydrogen-bond donors (Lipinski definition) is 1. The molecule has 1 aromatic carbocycles. The Morgan fingerprint density at radius 2 is 2.07 bits per heavy atom. The van der Waals surface area contributed by atoms with E-state index < -0.39 is 10.2 Å². The molecule has 0 saturated heterocycles. The molecular weight excluding hydrogens is 208 g/mol. The average molecular weight is 217 g/mol. The van der Waals surface area contributed by atoms with Crippen LogP contribution in [0.1, 0.15) is 15.9 Å². The normalized spacial score (nSPS) is 9.00. The van der Waals surface area contributed by atoms with Crippen molar-refractivity contribution < 1.29 is 9.72 Å². The van der Waals surface area contributed by atoms with Crippen LogP contribution < -0.4 is 6.15 Å². The van der Waals surface area contributed by atoms with Gasteiger partial charge in [-0.2, -0.15) is 0 Å². The first-order chi connectivity index (χ1) is 6.02. The molecule has 0 unspecified atom stereocenters. The van der Waals surface area contributed by atoms with Gasteiger partial charge in [0, 0.05) is 17.2 Å². The molecule has 0 amide bonds. The van der Waals surface area contributed by atoms with Crippen molar-refractivity contribution >= 4 is 22.5 Å². The molecule has 0 aliphatic heterocycles. The van der Waals surface area contributed by atoms with E-state index in [0.29, 0.717) is 5.56 Å². The van der Waals surface area contributed by atoms with E-state index in [1.807, 2.05) is 0 Å². The van der Waals surface area contributed by atoms with E-state index in [9.17, 15) is 14.9 Å². The summed E-state index contributed by atoms with van der Waals surface area (Å²) >= 11 is 5.17. The van der Waals surface area contributed by atoms with Gasteiger partial charge in [-0.15, -0.1) is 0 Å². The first kappa shape index (κ1) is 12.5. The predicted octanol–water partition coefficient (Wildman–Crippen LogP) is 2.44. The maximum Gasteiger partial charge on any atom is 0.273 e. The van der Waals surface area contributed by atoms with E-state index in [4.69, 9.17) is 11.6 Å². The van der Waals surface area contributed by atoms with E-state index >= 15 is 0 Å². The van der Waals surface area contributed by atoms with Crippen molar-refractivity contribution in [2.75, 3.05) is 0 Å². The Morgan fingerprint density at radius 3 is 2.50 bits per heavy atom. The van der Waals surface area contributed by atoms with Crippen molar-refractivity contribution in [1.82, 2.24) is 6.15 Å². The van der Waals surface area contributed by atoms with E-state index in [-0.39, 0.29) is 17.4 Å². The van der Waals surface area contributed by atoms with Gasteiger partial charge in [0.25, 0.3) is 10.9 Å². The lowest BCUT2D eigenvalue weighted by Gasteiger charge is -1.97. The van der Waals surface area contributed by atoms with Crippen LogP contribution in [-0.2, 0) is 0 Å². The highest BCUT2D eigenvalue weighted by molar-refractivity contribution is 6.67. The Bertz CT molecular complexity index is 379. The maximum atomic E-state index is 10.7. The molecule has 1 rings (SSSR count). The Kier molecular flexibility index (Phi) is 4.20. The Morgan fingerprint density at radius 1 is 1.50 bits per heavy atom. The molecule has 0 fully saturated rings. The smallest absolute Gasteiger partial charge is 0.273 e. The number of nitrogens with zero attached hydrogens (tertiary/aromatic N) is 1. The molecule has 0 saturated carbocycles. The number of carbonyl (C=O) groups excluding carboxylic acids is 1. The number of rotatable bonds is 2. The number of nitro groups is 1. The van der Waals surface area contributed by atoms with Gasteiger partial charge in [0.15, 0.2) is 0 Å². The lowest BCUT2D eigenvalue weighted by atomic mass is 10.1. The summed E-state index contributed by atoms with van der Waals surface area (Å²) in [5.74, 6) is 0. The van der Waals surface area contributed by atoms with Crippen LogP contribution in [0.2, 0.25) is 0 Å². The van der Waals surface area contributed by atoms with Gasteiger partial charge in [0.1, 0.15) is 0 Å². The van der Waals surface area contributed by atoms with Crippen molar-refractivity contribution in [2.24, 2.45) is 0 Å². The van der Waals surface area contributed by atoms with Crippen LogP contribution in [0.4, 0.5) is 5.69 Å². The predicted molar refractivity (Wildman–Crippen MR) is 53.0 cm³/mol. The number of carbonyl (C=O) groups is 1. The maximum absolute atomic E-state index is 10.7. The average Bonchev–Trinajstić information content (AvgIpc) is 2.04. The summed E-state index contributed by atoms with van der Waals surface area (Å²) in [5, 5.41) is 9.76. The topological polar surface area (TPSA) is 95.2 Å². The van der Waals surface area contributed by atoms with Gasteiger partial charge < -0.3 is 6.15 Å². The standard InChI is InChI=1S/C8H6ClNO3.H3N/c1-5-2-3-6(8(9)11)4-7(5)10(12)13;/h2-4H,1H3;1H3. The minimum Gasteiger partial charge on any atom is -0.344 e. The number of aryl methyl sites for hydroxylation is 1. The molecule has 14 heavy (non-hydrogen) atoms. The zero-order valence-electron chi connectivity index (χ0n) is 7.49. The summed E-state index contributed by atoms with van der Waals surface area (Å²) in [5.41, 5.74) is 0.553. The van der Waals surface area contributed by atoms with Crippen molar-refractivity contribution in [2.45, 2.75) is 6.92 Å². The van der Waals surface area contributed by atoms with E-state index in [0.717, 1.165) is 0 Å². The van der Waals surface area contributed by atoms with Crippen LogP contribution in [0.5, 0.6) is 0 Å². The fraction of sp³-hybridized carbons (Fsp3) is 0.125. The largest absolute Gasteiger partial charge is 0.344 e. The fourth-order valence-electron chi connectivity index (χ4n) is 0.928. The minimum atomic E-state index is -0.692. The van der Waals surface area contributed by atoms with E-state index in [1.165, 1.54) is 18.2 Å². The third-order valence-electron chi connectivity index (χ3n) is 1.63. The summed E-state index contributed by atoms with van der Waals surface area (Å²) in [4.78, 5) is 20.6. The van der Waals surface area contributed by atoms with E-state index in [1.54, 1.807) is 6.92 Å². The second kappa shape index (κ2) is 4.69. The molecule has 3 N–H and O–H groups in total. The lowest BCUT2D eigenvalue weighted by molar-refractivity contribution is -0.385. The SMILES string of the molecule is Cc1ccc(C(=O)Cl)cc1[N+](=O)[O-].N. The first-order valence-electron chi connectivity index (χ1n) is 3.47. The zero-order chi connectivity index (χ0) is 10.0. The highest BCUT2D eigenvalue weighted by Crippen LogP contribution is 2.19. The van der Waals surface area contributed by atoms with Crippen LogP contribution in [-0.4, -0.2) is 10.2 Å². The van der Waals surface area contributed by atoms with Gasteiger partial charge in [-0.25, -0.2) is 0 Å². The summed E-state index contributed by atoms with van der Waals surface area (Å²) in [7, 11) is 0. The number of halogens is 1. The molecule has 0 aromatic heterocycles. The van der Waals surface area contributed by atoms with Crippen LogP contribution >= 0.6 is 11.6 Å². The zero-order valence-corrected chi connectivity index (χ0v) is 8.25. The summed E-state index contributed by atoms with van der Waals surface area (Å²) in [6, 6.07) is 4.12. The van der Waals surface area contributed by atoms with Gasteiger partial charge in [-0.05, 0) is 24.6 Å². The van der Waals surface area contributed by atoms with E-state index in [2.05, 4.69) is 0 Å². The Labute approximate surface area is 85.4 Å². The van der Waals surface area contributed by atoms with Crippen LogP contribution in [0.25, 0.3) is 0 Å². The summed E-state index contributed by atoms with van der Waals surface area (Å²) in [6.07, 6.45) is 0. The molecule has 1 aromatic rings. The number of benzene rings is 1. The lowest BCUT2D eigenvalue weighted by Crippen LogP contribution is -1.95. The minimum absolute atomic E-state index is 0. The van der Waals surface area contributed by atoms with Crippen molar-refractivity contribution in [3.05, 3.63) is 39.4 Å². The molecule has 0 atom stereocenters.